The fourth-order valence-electron chi connectivity index (χ4n) is 4.45. The smallest absolute Gasteiger partial charge is 0.336 e. The quantitative estimate of drug-likeness (QED) is 0.340. The first kappa shape index (κ1) is 27.3. The van der Waals surface area contributed by atoms with E-state index in [0.29, 0.717) is 47.1 Å². The van der Waals surface area contributed by atoms with Crippen LogP contribution in [0.15, 0.2) is 96.3 Å². The molecule has 8 nitrogen and oxygen atoms in total. The molecule has 3 aromatic rings. The Balaban J connectivity index is 1.68. The summed E-state index contributed by atoms with van der Waals surface area (Å²) in [6.45, 7) is 0.738. The van der Waals surface area contributed by atoms with Gasteiger partial charge in [0.2, 0.25) is 0 Å². The second-order valence-electron chi connectivity index (χ2n) is 8.79. The molecule has 0 fully saturated rings. The number of nitrogens with zero attached hydrogens (tertiary/aromatic N) is 1. The number of benzene rings is 3. The van der Waals surface area contributed by atoms with Gasteiger partial charge in [0.05, 0.1) is 45.5 Å². The van der Waals surface area contributed by atoms with Crippen LogP contribution >= 0.6 is 0 Å². The van der Waals surface area contributed by atoms with Gasteiger partial charge in [0.15, 0.2) is 11.5 Å². The lowest BCUT2D eigenvalue weighted by Crippen LogP contribution is -2.28. The average Bonchev–Trinajstić information content (AvgIpc) is 2.99. The number of ether oxygens (including phenoxy) is 5. The predicted octanol–water partition coefficient (Wildman–Crippen LogP) is 5.00. The maximum Gasteiger partial charge on any atom is 0.336 e. The maximum atomic E-state index is 13.0. The second-order valence-corrected chi connectivity index (χ2v) is 8.79. The van der Waals surface area contributed by atoms with Gasteiger partial charge in [-0.15, -0.1) is 0 Å². The van der Waals surface area contributed by atoms with Crippen molar-refractivity contribution >= 4 is 11.9 Å². The molecule has 0 saturated carbocycles. The number of carbonyl (C=O) groups excluding carboxylic acids is 2. The first-order valence-electron chi connectivity index (χ1n) is 12.3. The summed E-state index contributed by atoms with van der Waals surface area (Å²) in [4.78, 5) is 27.8. The molecule has 0 atom stereocenters. The summed E-state index contributed by atoms with van der Waals surface area (Å²) in [6, 6.07) is 22.7. The molecule has 1 heterocycles. The van der Waals surface area contributed by atoms with Gasteiger partial charge in [-0.25, -0.2) is 9.59 Å². The molecule has 0 unspecified atom stereocenters. The number of esters is 2. The molecule has 8 heteroatoms. The molecular formula is C31H31NO7. The minimum Gasteiger partial charge on any atom is -0.493 e. The van der Waals surface area contributed by atoms with Crippen LogP contribution in [-0.2, 0) is 32.2 Å². The standard InChI is InChI=1S/C31H31NO7/c1-35-27-14-13-22(15-28(27)36-2)17-32-18-25(30(33)37-3)29(26(19-32)31(34)38-4)23-11-8-12-24(16-23)39-20-21-9-6-5-7-10-21/h5-16,18-19,29H,17,20H2,1-4H3. The lowest BCUT2D eigenvalue weighted by atomic mass is 9.83. The van der Waals surface area contributed by atoms with Crippen LogP contribution in [0.5, 0.6) is 17.2 Å². The van der Waals surface area contributed by atoms with E-state index in [0.717, 1.165) is 11.1 Å². The van der Waals surface area contributed by atoms with Gasteiger partial charge in [0.25, 0.3) is 0 Å². The molecule has 0 N–H and O–H groups in total. The zero-order chi connectivity index (χ0) is 27.8. The van der Waals surface area contributed by atoms with Gasteiger partial charge in [-0.2, -0.15) is 0 Å². The summed E-state index contributed by atoms with van der Waals surface area (Å²) in [5, 5.41) is 0. The fourth-order valence-corrected chi connectivity index (χ4v) is 4.45. The van der Waals surface area contributed by atoms with Gasteiger partial charge < -0.3 is 28.6 Å². The van der Waals surface area contributed by atoms with Gasteiger partial charge in [-0.3, -0.25) is 0 Å². The van der Waals surface area contributed by atoms with E-state index in [1.807, 2.05) is 66.7 Å². The van der Waals surface area contributed by atoms with Crippen LogP contribution in [0.2, 0.25) is 0 Å². The van der Waals surface area contributed by atoms with Gasteiger partial charge in [-0.05, 0) is 41.0 Å². The van der Waals surface area contributed by atoms with E-state index in [-0.39, 0.29) is 0 Å². The van der Waals surface area contributed by atoms with E-state index in [1.165, 1.54) is 14.2 Å². The van der Waals surface area contributed by atoms with E-state index in [4.69, 9.17) is 23.7 Å². The summed E-state index contributed by atoms with van der Waals surface area (Å²) < 4.78 is 27.0. The number of hydrogen-bond acceptors (Lipinski definition) is 8. The Morgan fingerprint density at radius 3 is 2.00 bits per heavy atom. The zero-order valence-corrected chi connectivity index (χ0v) is 22.4. The molecule has 0 saturated heterocycles. The molecule has 4 rings (SSSR count). The topological polar surface area (TPSA) is 83.5 Å². The van der Waals surface area contributed by atoms with Crippen LogP contribution in [0.4, 0.5) is 0 Å². The highest BCUT2D eigenvalue weighted by molar-refractivity contribution is 5.98. The van der Waals surface area contributed by atoms with E-state index >= 15 is 0 Å². The zero-order valence-electron chi connectivity index (χ0n) is 22.4. The summed E-state index contributed by atoms with van der Waals surface area (Å²) in [5.41, 5.74) is 3.18. The van der Waals surface area contributed by atoms with Crippen molar-refractivity contribution in [1.82, 2.24) is 4.90 Å². The molecule has 0 bridgehead atoms. The van der Waals surface area contributed by atoms with Crippen molar-refractivity contribution in [2.75, 3.05) is 28.4 Å². The van der Waals surface area contributed by atoms with Crippen LogP contribution in [0.1, 0.15) is 22.6 Å². The predicted molar refractivity (Wildman–Crippen MR) is 145 cm³/mol. The number of methoxy groups -OCH3 is 4. The maximum absolute atomic E-state index is 13.0. The third kappa shape index (κ3) is 6.41. The third-order valence-corrected chi connectivity index (χ3v) is 6.33. The molecule has 0 spiro atoms. The molecular weight excluding hydrogens is 498 g/mol. The van der Waals surface area contributed by atoms with Crippen molar-refractivity contribution in [2.45, 2.75) is 19.1 Å². The van der Waals surface area contributed by atoms with Crippen LogP contribution in [0, 0.1) is 0 Å². The second kappa shape index (κ2) is 12.7. The molecule has 3 aromatic carbocycles. The molecule has 0 aromatic heterocycles. The lowest BCUT2D eigenvalue weighted by molar-refractivity contribution is -0.137. The lowest BCUT2D eigenvalue weighted by Gasteiger charge is -2.30. The minimum absolute atomic E-state index is 0.293. The SMILES string of the molecule is COC(=O)C1=CN(Cc2ccc(OC)c(OC)c2)C=C(C(=O)OC)C1c1cccc(OCc2ccccc2)c1. The Labute approximate surface area is 228 Å². The number of carbonyl (C=O) groups is 2. The highest BCUT2D eigenvalue weighted by Gasteiger charge is 2.35. The van der Waals surface area contributed by atoms with Gasteiger partial charge in [-0.1, -0.05) is 48.5 Å². The van der Waals surface area contributed by atoms with Crippen LogP contribution in [0.3, 0.4) is 0 Å². The van der Waals surface area contributed by atoms with Crippen LogP contribution < -0.4 is 14.2 Å². The van der Waals surface area contributed by atoms with Gasteiger partial charge in [0, 0.05) is 18.9 Å². The molecule has 39 heavy (non-hydrogen) atoms. The first-order chi connectivity index (χ1) is 19.0. The molecule has 0 amide bonds. The summed E-state index contributed by atoms with van der Waals surface area (Å²) in [5.74, 6) is -0.0355. The van der Waals surface area contributed by atoms with E-state index in [2.05, 4.69) is 0 Å². The normalized spacial score (nSPS) is 13.2. The van der Waals surface area contributed by atoms with E-state index in [9.17, 15) is 9.59 Å². The Bertz CT molecular complexity index is 1350. The molecule has 1 aliphatic heterocycles. The van der Waals surface area contributed by atoms with Crippen molar-refractivity contribution in [3.8, 4) is 17.2 Å². The molecule has 0 radical (unpaired) electrons. The van der Waals surface area contributed by atoms with Gasteiger partial charge in [0.1, 0.15) is 12.4 Å². The highest BCUT2D eigenvalue weighted by atomic mass is 16.5. The molecule has 202 valence electrons. The van der Waals surface area contributed by atoms with Gasteiger partial charge >= 0.3 is 11.9 Å². The fraction of sp³-hybridized carbons (Fsp3) is 0.226. The Morgan fingerprint density at radius 2 is 1.38 bits per heavy atom. The van der Waals surface area contributed by atoms with Crippen molar-refractivity contribution in [3.63, 3.8) is 0 Å². The first-order valence-corrected chi connectivity index (χ1v) is 12.3. The Morgan fingerprint density at radius 1 is 0.718 bits per heavy atom. The van der Waals surface area contributed by atoms with Crippen molar-refractivity contribution in [2.24, 2.45) is 0 Å². The summed E-state index contributed by atoms with van der Waals surface area (Å²) in [7, 11) is 5.76. The average molecular weight is 530 g/mol. The highest BCUT2D eigenvalue weighted by Crippen LogP contribution is 2.39. The van der Waals surface area contributed by atoms with E-state index in [1.54, 1.807) is 37.6 Å². The summed E-state index contributed by atoms with van der Waals surface area (Å²) >= 11 is 0. The van der Waals surface area contributed by atoms with Crippen LogP contribution in [0.25, 0.3) is 0 Å². The summed E-state index contributed by atoms with van der Waals surface area (Å²) in [6.07, 6.45) is 3.38. The van der Waals surface area contributed by atoms with Crippen molar-refractivity contribution < 1.29 is 33.3 Å². The van der Waals surface area contributed by atoms with Crippen molar-refractivity contribution in [3.05, 3.63) is 113 Å². The third-order valence-electron chi connectivity index (χ3n) is 6.33. The monoisotopic (exact) mass is 529 g/mol. The largest absolute Gasteiger partial charge is 0.493 e. The minimum atomic E-state index is -0.716. The number of hydrogen-bond donors (Lipinski definition) is 0. The van der Waals surface area contributed by atoms with E-state index < -0.39 is 17.9 Å². The van der Waals surface area contributed by atoms with Crippen molar-refractivity contribution in [1.29, 1.82) is 0 Å². The Kier molecular flexibility index (Phi) is 8.89. The number of rotatable bonds is 10. The Hall–Kier alpha value is -4.72. The molecule has 1 aliphatic rings. The van der Waals surface area contributed by atoms with Crippen LogP contribution in [-0.4, -0.2) is 45.3 Å². The molecule has 0 aliphatic carbocycles.